The lowest BCUT2D eigenvalue weighted by Crippen LogP contribution is -2.29. The quantitative estimate of drug-likeness (QED) is 0.186. The molecule has 34 heavy (non-hydrogen) atoms. The number of pyridine rings is 1. The Hall–Kier alpha value is -3.04. The molecule has 0 radical (unpaired) electrons. The molecule has 1 N–H and O–H groups in total. The molecule has 1 aliphatic rings. The summed E-state index contributed by atoms with van der Waals surface area (Å²) in [4.78, 5) is 36.0. The van der Waals surface area contributed by atoms with E-state index in [1.165, 1.54) is 47.6 Å². The highest BCUT2D eigenvalue weighted by Crippen LogP contribution is 2.44. The number of nitrogens with zero attached hydrogens (tertiary/aromatic N) is 3. The molecule has 0 aliphatic carbocycles. The number of rotatable bonds is 3. The van der Waals surface area contributed by atoms with Crippen LogP contribution in [-0.4, -0.2) is 26.8 Å². The fourth-order valence-corrected chi connectivity index (χ4v) is 5.16. The van der Waals surface area contributed by atoms with Crippen molar-refractivity contribution in [1.29, 1.82) is 0 Å². The number of aliphatic hydroxyl groups is 1. The zero-order valence-electron chi connectivity index (χ0n) is 16.8. The van der Waals surface area contributed by atoms with E-state index in [0.29, 0.717) is 15.8 Å². The molecule has 0 bridgehead atoms. The predicted octanol–water partition coefficient (Wildman–Crippen LogP) is 6.42. The van der Waals surface area contributed by atoms with E-state index in [1.54, 1.807) is 12.1 Å². The lowest BCUT2D eigenvalue weighted by atomic mass is 9.96. The van der Waals surface area contributed by atoms with Gasteiger partial charge in [0.25, 0.3) is 5.78 Å². The van der Waals surface area contributed by atoms with Crippen LogP contribution in [0.5, 0.6) is 0 Å². The van der Waals surface area contributed by atoms with Gasteiger partial charge in [0.15, 0.2) is 5.13 Å². The van der Waals surface area contributed by atoms with E-state index < -0.39 is 29.3 Å². The summed E-state index contributed by atoms with van der Waals surface area (Å²) >= 11 is 19.0. The van der Waals surface area contributed by atoms with Gasteiger partial charge in [-0.2, -0.15) is 0 Å². The summed E-state index contributed by atoms with van der Waals surface area (Å²) in [7, 11) is 0. The number of fused-ring (bicyclic) bond motifs is 1. The SMILES string of the molecule is O=C1C(=O)N(c2nc3cc(Cl)c(F)cc3s2)C(c2ccncc2)/C1=C(\O)c1ccc(Cl)c(Cl)c1. The Morgan fingerprint density at radius 1 is 1.00 bits per heavy atom. The van der Waals surface area contributed by atoms with Gasteiger partial charge in [0.2, 0.25) is 0 Å². The molecule has 1 unspecified atom stereocenters. The van der Waals surface area contributed by atoms with Crippen molar-refractivity contribution in [2.75, 3.05) is 4.90 Å². The van der Waals surface area contributed by atoms with Crippen LogP contribution in [0.4, 0.5) is 9.52 Å². The number of halogens is 4. The van der Waals surface area contributed by atoms with Gasteiger partial charge in [-0.1, -0.05) is 46.1 Å². The normalized spacial score (nSPS) is 17.6. The number of Topliss-reactive ketones (excluding diaryl/α,β-unsaturated/α-hetero) is 1. The Kier molecular flexibility index (Phi) is 5.77. The van der Waals surface area contributed by atoms with Crippen molar-refractivity contribution in [2.45, 2.75) is 6.04 Å². The summed E-state index contributed by atoms with van der Waals surface area (Å²) in [6.07, 6.45) is 3.00. The maximum Gasteiger partial charge on any atom is 0.301 e. The molecule has 1 aliphatic heterocycles. The fraction of sp³-hybridized carbons (Fsp3) is 0.0435. The van der Waals surface area contributed by atoms with Crippen molar-refractivity contribution < 1.29 is 19.1 Å². The standard InChI is InChI=1S/C23H11Cl3FN3O3S/c24-12-2-1-11(7-13(12)25)20(31)18-19(10-3-5-28-6-4-10)30(22(33)21(18)32)23-29-16-8-14(26)15(27)9-17(16)34-23/h1-9,19,31H/b20-18+. The van der Waals surface area contributed by atoms with E-state index in [4.69, 9.17) is 34.8 Å². The minimum Gasteiger partial charge on any atom is -0.507 e. The molecule has 5 rings (SSSR count). The Morgan fingerprint density at radius 3 is 2.44 bits per heavy atom. The number of benzene rings is 2. The lowest BCUT2D eigenvalue weighted by Gasteiger charge is -2.22. The lowest BCUT2D eigenvalue weighted by molar-refractivity contribution is -0.132. The van der Waals surface area contributed by atoms with Crippen LogP contribution in [0.1, 0.15) is 17.2 Å². The summed E-state index contributed by atoms with van der Waals surface area (Å²) in [6, 6.07) is 9.15. The number of hydrogen-bond acceptors (Lipinski definition) is 6. The van der Waals surface area contributed by atoms with E-state index >= 15 is 0 Å². The highest BCUT2D eigenvalue weighted by Gasteiger charge is 2.48. The Balaban J connectivity index is 1.73. The smallest absolute Gasteiger partial charge is 0.301 e. The molecule has 6 nitrogen and oxygen atoms in total. The molecule has 4 aromatic rings. The maximum absolute atomic E-state index is 14.0. The van der Waals surface area contributed by atoms with E-state index in [0.717, 1.165) is 11.3 Å². The molecule has 1 saturated heterocycles. The van der Waals surface area contributed by atoms with Crippen molar-refractivity contribution in [3.8, 4) is 0 Å². The van der Waals surface area contributed by atoms with Crippen LogP contribution < -0.4 is 4.90 Å². The first-order chi connectivity index (χ1) is 16.3. The molecule has 1 amide bonds. The van der Waals surface area contributed by atoms with Crippen LogP contribution >= 0.6 is 46.1 Å². The maximum atomic E-state index is 14.0. The number of aromatic nitrogens is 2. The number of anilines is 1. The number of carbonyl (C=O) groups excluding carboxylic acids is 2. The number of hydrogen-bond donors (Lipinski definition) is 1. The van der Waals surface area contributed by atoms with Crippen LogP contribution in [0.15, 0.2) is 60.4 Å². The Bertz CT molecular complexity index is 1490. The summed E-state index contributed by atoms with van der Waals surface area (Å²) in [6.45, 7) is 0. The van der Waals surface area contributed by atoms with Gasteiger partial charge in [-0.15, -0.1) is 0 Å². The summed E-state index contributed by atoms with van der Waals surface area (Å²) in [5.41, 5.74) is 0.938. The third kappa shape index (κ3) is 3.73. The molecular formula is C23H11Cl3FN3O3S. The summed E-state index contributed by atoms with van der Waals surface area (Å²) < 4.78 is 14.4. The van der Waals surface area contributed by atoms with Gasteiger partial charge >= 0.3 is 5.91 Å². The van der Waals surface area contributed by atoms with Crippen LogP contribution in [0.2, 0.25) is 15.1 Å². The monoisotopic (exact) mass is 533 g/mol. The number of thiazole rings is 1. The molecule has 3 heterocycles. The van der Waals surface area contributed by atoms with Crippen LogP contribution in [0, 0.1) is 5.82 Å². The molecule has 2 aromatic heterocycles. The van der Waals surface area contributed by atoms with Gasteiger partial charge in [0, 0.05) is 18.0 Å². The molecule has 0 spiro atoms. The van der Waals surface area contributed by atoms with Gasteiger partial charge < -0.3 is 5.11 Å². The predicted molar refractivity (Wildman–Crippen MR) is 130 cm³/mol. The number of aliphatic hydroxyl groups excluding tert-OH is 1. The van der Waals surface area contributed by atoms with Crippen molar-refractivity contribution in [2.24, 2.45) is 0 Å². The molecule has 1 atom stereocenters. The van der Waals surface area contributed by atoms with Crippen LogP contribution in [0.25, 0.3) is 16.0 Å². The van der Waals surface area contributed by atoms with Crippen molar-refractivity contribution in [3.63, 3.8) is 0 Å². The average Bonchev–Trinajstić information content (AvgIpc) is 3.33. The second-order valence-electron chi connectivity index (χ2n) is 7.31. The molecule has 170 valence electrons. The van der Waals surface area contributed by atoms with E-state index in [1.807, 2.05) is 0 Å². The third-order valence-corrected chi connectivity index (χ3v) is 7.33. The topological polar surface area (TPSA) is 83.4 Å². The zero-order valence-corrected chi connectivity index (χ0v) is 19.9. The average molecular weight is 535 g/mol. The Morgan fingerprint density at radius 2 is 1.74 bits per heavy atom. The molecule has 1 fully saturated rings. The Labute approximate surface area is 210 Å². The summed E-state index contributed by atoms with van der Waals surface area (Å²) in [5.74, 6) is -2.85. The van der Waals surface area contributed by atoms with Gasteiger partial charge in [0.05, 0.1) is 36.9 Å². The van der Waals surface area contributed by atoms with Crippen molar-refractivity contribution >= 4 is 78.9 Å². The molecular weight excluding hydrogens is 524 g/mol. The largest absolute Gasteiger partial charge is 0.507 e. The van der Waals surface area contributed by atoms with Gasteiger partial charge in [0.1, 0.15) is 11.6 Å². The van der Waals surface area contributed by atoms with Crippen LogP contribution in [0.3, 0.4) is 0 Å². The third-order valence-electron chi connectivity index (χ3n) is 5.28. The first-order valence-electron chi connectivity index (χ1n) is 9.68. The van der Waals surface area contributed by atoms with E-state index in [9.17, 15) is 19.1 Å². The molecule has 0 saturated carbocycles. The minimum absolute atomic E-state index is 0.114. The van der Waals surface area contributed by atoms with E-state index in [2.05, 4.69) is 9.97 Å². The molecule has 11 heteroatoms. The zero-order chi connectivity index (χ0) is 24.1. The number of ketones is 1. The van der Waals surface area contributed by atoms with Gasteiger partial charge in [-0.3, -0.25) is 19.5 Å². The number of carbonyl (C=O) groups is 2. The van der Waals surface area contributed by atoms with Crippen molar-refractivity contribution in [3.05, 3.63) is 92.4 Å². The second-order valence-corrected chi connectivity index (χ2v) is 9.54. The number of amides is 1. The first kappa shape index (κ1) is 22.7. The highest BCUT2D eigenvalue weighted by molar-refractivity contribution is 7.22. The van der Waals surface area contributed by atoms with E-state index in [-0.39, 0.29) is 31.3 Å². The van der Waals surface area contributed by atoms with Gasteiger partial charge in [-0.05, 0) is 48.0 Å². The van der Waals surface area contributed by atoms with Crippen LogP contribution in [-0.2, 0) is 9.59 Å². The second kappa shape index (κ2) is 8.63. The molecule has 2 aromatic carbocycles. The summed E-state index contributed by atoms with van der Waals surface area (Å²) in [5, 5.41) is 11.6. The highest BCUT2D eigenvalue weighted by atomic mass is 35.5. The minimum atomic E-state index is -1.02. The van der Waals surface area contributed by atoms with Gasteiger partial charge in [-0.25, -0.2) is 9.37 Å². The van der Waals surface area contributed by atoms with Crippen molar-refractivity contribution in [1.82, 2.24) is 9.97 Å². The fourth-order valence-electron chi connectivity index (χ4n) is 3.70. The first-order valence-corrected chi connectivity index (χ1v) is 11.6.